The summed E-state index contributed by atoms with van der Waals surface area (Å²) in [5, 5.41) is 3.93. The number of nitrogens with zero attached hydrogens (tertiary/aromatic N) is 1. The summed E-state index contributed by atoms with van der Waals surface area (Å²) in [7, 11) is 5.82. The fraction of sp³-hybridized carbons (Fsp3) is 0.222. The lowest BCUT2D eigenvalue weighted by Crippen LogP contribution is -2.24. The number of carbonyl (C=O) groups excluding carboxylic acids is 2. The molecule has 0 aliphatic heterocycles. The number of hydrogen-bond acceptors (Lipinski definition) is 9. The van der Waals surface area contributed by atoms with Crippen molar-refractivity contribution in [3.63, 3.8) is 0 Å². The lowest BCUT2D eigenvalue weighted by Gasteiger charge is -2.14. The molecule has 3 aromatic carbocycles. The zero-order valence-electron chi connectivity index (χ0n) is 21.2. The molecule has 0 bridgehead atoms. The molecular formula is C27H28N2O8. The molecule has 0 heterocycles. The predicted molar refractivity (Wildman–Crippen MR) is 136 cm³/mol. The third-order valence-corrected chi connectivity index (χ3v) is 5.05. The molecule has 37 heavy (non-hydrogen) atoms. The Labute approximate surface area is 214 Å². The molecule has 1 N–H and O–H groups in total. The highest BCUT2D eigenvalue weighted by molar-refractivity contribution is 5.93. The topological polar surface area (TPSA) is 114 Å². The monoisotopic (exact) mass is 508 g/mol. The van der Waals surface area contributed by atoms with Gasteiger partial charge in [-0.3, -0.25) is 4.79 Å². The van der Waals surface area contributed by atoms with Crippen molar-refractivity contribution in [1.29, 1.82) is 0 Å². The summed E-state index contributed by atoms with van der Waals surface area (Å²) >= 11 is 0. The second kappa shape index (κ2) is 12.8. The number of methoxy groups -OCH3 is 4. The first kappa shape index (κ1) is 26.9. The third-order valence-electron chi connectivity index (χ3n) is 5.05. The molecule has 1 amide bonds. The molecule has 0 unspecified atom stereocenters. The lowest BCUT2D eigenvalue weighted by molar-refractivity contribution is -0.123. The Balaban J connectivity index is 1.64. The van der Waals surface area contributed by atoms with Gasteiger partial charge in [0.05, 0.1) is 40.2 Å². The summed E-state index contributed by atoms with van der Waals surface area (Å²) in [6, 6.07) is 15.2. The number of carbonyl (C=O) groups is 2. The fourth-order valence-electron chi connectivity index (χ4n) is 3.27. The van der Waals surface area contributed by atoms with Crippen LogP contribution in [-0.2, 0) is 4.79 Å². The van der Waals surface area contributed by atoms with Gasteiger partial charge in [0.25, 0.3) is 5.91 Å². The van der Waals surface area contributed by atoms with Gasteiger partial charge < -0.3 is 28.4 Å². The predicted octanol–water partition coefficient (Wildman–Crippen LogP) is 3.78. The summed E-state index contributed by atoms with van der Waals surface area (Å²) in [5.41, 5.74) is 4.22. The van der Waals surface area contributed by atoms with E-state index in [4.69, 9.17) is 28.4 Å². The van der Waals surface area contributed by atoms with Crippen LogP contribution in [0.25, 0.3) is 0 Å². The molecule has 3 rings (SSSR count). The maximum atomic E-state index is 12.8. The van der Waals surface area contributed by atoms with Crippen molar-refractivity contribution in [3.05, 3.63) is 71.3 Å². The van der Waals surface area contributed by atoms with Crippen molar-refractivity contribution >= 4 is 18.1 Å². The van der Waals surface area contributed by atoms with Crippen LogP contribution in [0.15, 0.2) is 59.7 Å². The Morgan fingerprint density at radius 3 is 2.16 bits per heavy atom. The van der Waals surface area contributed by atoms with Crippen LogP contribution in [0.1, 0.15) is 21.5 Å². The number of aryl methyl sites for hydroxylation is 1. The maximum absolute atomic E-state index is 12.8. The van der Waals surface area contributed by atoms with E-state index < -0.39 is 11.9 Å². The molecule has 0 radical (unpaired) electrons. The van der Waals surface area contributed by atoms with Crippen molar-refractivity contribution in [2.45, 2.75) is 6.92 Å². The zero-order valence-corrected chi connectivity index (χ0v) is 21.2. The SMILES string of the molecule is COc1cc(C=NNC(=O)COc2cccc(C)c2)ccc1OC(=O)c1cc(OC)c(OC)c(OC)c1. The first-order chi connectivity index (χ1) is 17.9. The number of benzene rings is 3. The number of amides is 1. The standard InChI is InChI=1S/C27H28N2O8/c1-17-7-6-8-20(11-17)36-16-25(30)29-28-15-18-9-10-21(22(12-18)32-2)37-27(31)19-13-23(33-3)26(35-5)24(14-19)34-4/h6-15H,16H2,1-5H3,(H,29,30). The molecule has 0 atom stereocenters. The maximum Gasteiger partial charge on any atom is 0.343 e. The zero-order chi connectivity index (χ0) is 26.8. The second-order valence-corrected chi connectivity index (χ2v) is 7.61. The molecule has 0 spiro atoms. The van der Waals surface area contributed by atoms with E-state index in [0.29, 0.717) is 34.3 Å². The van der Waals surface area contributed by atoms with Crippen LogP contribution in [0.5, 0.6) is 34.5 Å². The van der Waals surface area contributed by atoms with Crippen LogP contribution >= 0.6 is 0 Å². The summed E-state index contributed by atoms with van der Waals surface area (Å²) in [5.74, 6) is 1.00. The van der Waals surface area contributed by atoms with Gasteiger partial charge in [0.2, 0.25) is 5.75 Å². The molecular weight excluding hydrogens is 480 g/mol. The number of hydrogen-bond donors (Lipinski definition) is 1. The molecule has 0 aliphatic carbocycles. The van der Waals surface area contributed by atoms with E-state index in [2.05, 4.69) is 10.5 Å². The Morgan fingerprint density at radius 1 is 0.838 bits per heavy atom. The van der Waals surface area contributed by atoms with Crippen molar-refractivity contribution in [2.24, 2.45) is 5.10 Å². The van der Waals surface area contributed by atoms with E-state index in [1.165, 1.54) is 46.8 Å². The molecule has 0 aromatic heterocycles. The Hall–Kier alpha value is -4.73. The van der Waals surface area contributed by atoms with Gasteiger partial charge in [-0.05, 0) is 60.5 Å². The summed E-state index contributed by atoms with van der Waals surface area (Å²) in [6.07, 6.45) is 1.43. The normalized spacial score (nSPS) is 10.5. The number of rotatable bonds is 11. The lowest BCUT2D eigenvalue weighted by atomic mass is 10.1. The molecule has 0 saturated heterocycles. The average molecular weight is 509 g/mol. The quantitative estimate of drug-likeness (QED) is 0.180. The molecule has 0 saturated carbocycles. The van der Waals surface area contributed by atoms with E-state index in [1.54, 1.807) is 24.3 Å². The van der Waals surface area contributed by atoms with E-state index in [9.17, 15) is 9.59 Å². The van der Waals surface area contributed by atoms with Crippen molar-refractivity contribution < 1.29 is 38.0 Å². The number of nitrogens with one attached hydrogen (secondary N) is 1. The van der Waals surface area contributed by atoms with Gasteiger partial charge in [-0.1, -0.05) is 12.1 Å². The van der Waals surface area contributed by atoms with E-state index in [-0.39, 0.29) is 17.9 Å². The number of ether oxygens (including phenoxy) is 6. The third kappa shape index (κ3) is 7.14. The van der Waals surface area contributed by atoms with Crippen LogP contribution in [0.4, 0.5) is 0 Å². The Kier molecular flexibility index (Phi) is 9.31. The van der Waals surface area contributed by atoms with Gasteiger partial charge in [0.15, 0.2) is 29.6 Å². The van der Waals surface area contributed by atoms with Gasteiger partial charge in [0, 0.05) is 0 Å². The van der Waals surface area contributed by atoms with Gasteiger partial charge in [-0.2, -0.15) is 5.10 Å². The minimum atomic E-state index is -0.653. The summed E-state index contributed by atoms with van der Waals surface area (Å²) in [4.78, 5) is 24.8. The highest BCUT2D eigenvalue weighted by Crippen LogP contribution is 2.38. The summed E-state index contributed by atoms with van der Waals surface area (Å²) < 4.78 is 32.2. The Morgan fingerprint density at radius 2 is 1.54 bits per heavy atom. The minimum Gasteiger partial charge on any atom is -0.493 e. The van der Waals surface area contributed by atoms with E-state index in [1.807, 2.05) is 25.1 Å². The van der Waals surface area contributed by atoms with Crippen LogP contribution in [-0.4, -0.2) is 53.1 Å². The second-order valence-electron chi connectivity index (χ2n) is 7.61. The van der Waals surface area contributed by atoms with Crippen molar-refractivity contribution in [2.75, 3.05) is 35.0 Å². The smallest absolute Gasteiger partial charge is 0.343 e. The van der Waals surface area contributed by atoms with E-state index >= 15 is 0 Å². The van der Waals surface area contributed by atoms with Crippen molar-refractivity contribution in [1.82, 2.24) is 5.43 Å². The molecule has 10 heteroatoms. The van der Waals surface area contributed by atoms with Gasteiger partial charge >= 0.3 is 5.97 Å². The molecule has 194 valence electrons. The number of esters is 1. The first-order valence-electron chi connectivity index (χ1n) is 11.1. The average Bonchev–Trinajstić information content (AvgIpc) is 2.91. The molecule has 0 aliphatic rings. The summed E-state index contributed by atoms with van der Waals surface area (Å²) in [6.45, 7) is 1.75. The first-order valence-corrected chi connectivity index (χ1v) is 11.1. The van der Waals surface area contributed by atoms with Crippen molar-refractivity contribution in [3.8, 4) is 34.5 Å². The van der Waals surface area contributed by atoms with Crippen LogP contribution in [0, 0.1) is 6.92 Å². The number of hydrazone groups is 1. The molecule has 0 fully saturated rings. The van der Waals surface area contributed by atoms with Crippen LogP contribution < -0.4 is 33.8 Å². The highest BCUT2D eigenvalue weighted by atomic mass is 16.6. The van der Waals surface area contributed by atoms with Gasteiger partial charge in [-0.25, -0.2) is 10.2 Å². The minimum absolute atomic E-state index is 0.181. The van der Waals surface area contributed by atoms with Crippen LogP contribution in [0.3, 0.4) is 0 Å². The highest BCUT2D eigenvalue weighted by Gasteiger charge is 2.19. The van der Waals surface area contributed by atoms with E-state index in [0.717, 1.165) is 5.56 Å². The van der Waals surface area contributed by atoms with Gasteiger partial charge in [0.1, 0.15) is 5.75 Å². The fourth-order valence-corrected chi connectivity index (χ4v) is 3.27. The van der Waals surface area contributed by atoms with Crippen LogP contribution in [0.2, 0.25) is 0 Å². The Bertz CT molecular complexity index is 1260. The largest absolute Gasteiger partial charge is 0.493 e. The van der Waals surface area contributed by atoms with Gasteiger partial charge in [-0.15, -0.1) is 0 Å². The molecule has 10 nitrogen and oxygen atoms in total. The molecule has 3 aromatic rings.